The van der Waals surface area contributed by atoms with Gasteiger partial charge in [-0.25, -0.2) is 4.79 Å². The average Bonchev–Trinajstić information content (AvgIpc) is 2.35. The Balaban J connectivity index is 2.83. The summed E-state index contributed by atoms with van der Waals surface area (Å²) in [6, 6.07) is 4.57. The zero-order valence-electron chi connectivity index (χ0n) is 10.8. The molecule has 0 saturated heterocycles. The summed E-state index contributed by atoms with van der Waals surface area (Å²) < 4.78 is 6.11. The van der Waals surface area contributed by atoms with E-state index in [2.05, 4.69) is 21.2 Å². The van der Waals surface area contributed by atoms with Crippen molar-refractivity contribution in [2.45, 2.75) is 26.4 Å². The van der Waals surface area contributed by atoms with Gasteiger partial charge in [-0.1, -0.05) is 22.9 Å². The molecule has 6 heteroatoms. The number of rotatable bonds is 6. The molecule has 0 aliphatic carbocycles. The minimum Gasteiger partial charge on any atom is -0.480 e. The third-order valence-corrected chi connectivity index (χ3v) is 2.89. The Hall–Kier alpha value is -1.56. The highest BCUT2D eigenvalue weighted by Gasteiger charge is 2.18. The molecular formula is C13H16BrNO4. The van der Waals surface area contributed by atoms with E-state index in [0.717, 1.165) is 6.42 Å². The van der Waals surface area contributed by atoms with Crippen molar-refractivity contribution in [1.29, 1.82) is 0 Å². The van der Waals surface area contributed by atoms with Gasteiger partial charge >= 0.3 is 5.97 Å². The van der Waals surface area contributed by atoms with Gasteiger partial charge in [0.25, 0.3) is 5.91 Å². The first-order valence-electron chi connectivity index (χ1n) is 5.93. The van der Waals surface area contributed by atoms with Gasteiger partial charge in [0.1, 0.15) is 11.3 Å². The highest BCUT2D eigenvalue weighted by Crippen LogP contribution is 2.24. The topological polar surface area (TPSA) is 75.6 Å². The van der Waals surface area contributed by atoms with Crippen molar-refractivity contribution in [2.24, 2.45) is 0 Å². The van der Waals surface area contributed by atoms with Gasteiger partial charge in [-0.2, -0.15) is 0 Å². The number of carboxylic acid groups (broad SMARTS) is 1. The molecule has 0 aromatic heterocycles. The molecule has 0 bridgehead atoms. The third-order valence-electron chi connectivity index (χ3n) is 2.40. The number of benzene rings is 1. The van der Waals surface area contributed by atoms with Crippen molar-refractivity contribution in [3.63, 3.8) is 0 Å². The average molecular weight is 330 g/mol. The van der Waals surface area contributed by atoms with Crippen molar-refractivity contribution in [3.05, 3.63) is 28.2 Å². The number of ether oxygens (including phenoxy) is 1. The highest BCUT2D eigenvalue weighted by molar-refractivity contribution is 9.10. The number of hydrogen-bond donors (Lipinski definition) is 2. The van der Waals surface area contributed by atoms with Crippen LogP contribution >= 0.6 is 15.9 Å². The molecular weight excluding hydrogens is 314 g/mol. The first-order valence-corrected chi connectivity index (χ1v) is 6.72. The van der Waals surface area contributed by atoms with Crippen LogP contribution in [0.1, 0.15) is 30.6 Å². The summed E-state index contributed by atoms with van der Waals surface area (Å²) in [5.74, 6) is -1.19. The molecule has 0 aliphatic rings. The molecule has 0 radical (unpaired) electrons. The normalized spacial score (nSPS) is 11.7. The smallest absolute Gasteiger partial charge is 0.339 e. The van der Waals surface area contributed by atoms with Gasteiger partial charge in [-0.15, -0.1) is 0 Å². The largest absolute Gasteiger partial charge is 0.480 e. The van der Waals surface area contributed by atoms with Crippen LogP contribution in [0.25, 0.3) is 0 Å². The summed E-state index contributed by atoms with van der Waals surface area (Å²) in [7, 11) is 0. The molecule has 0 saturated carbocycles. The SMILES string of the molecule is CCCNC(=O)C(C)Oc1cc(Br)ccc1C(=O)O. The molecule has 0 heterocycles. The zero-order chi connectivity index (χ0) is 14.4. The molecule has 104 valence electrons. The van der Waals surface area contributed by atoms with Crippen molar-refractivity contribution in [3.8, 4) is 5.75 Å². The standard InChI is InChI=1S/C13H16BrNO4/c1-3-6-15-12(16)8(2)19-11-7-9(14)4-5-10(11)13(17)18/h4-5,7-8H,3,6H2,1-2H3,(H,15,16)(H,17,18). The van der Waals surface area contributed by atoms with Gasteiger partial charge in [0.15, 0.2) is 6.10 Å². The summed E-state index contributed by atoms with van der Waals surface area (Å²) in [6.45, 7) is 4.09. The predicted octanol–water partition coefficient (Wildman–Crippen LogP) is 2.44. The molecule has 1 unspecified atom stereocenters. The van der Waals surface area contributed by atoms with E-state index in [-0.39, 0.29) is 17.2 Å². The Morgan fingerprint density at radius 3 is 2.74 bits per heavy atom. The lowest BCUT2D eigenvalue weighted by atomic mass is 10.2. The van der Waals surface area contributed by atoms with E-state index in [1.54, 1.807) is 13.0 Å². The fourth-order valence-corrected chi connectivity index (χ4v) is 1.75. The molecule has 0 fully saturated rings. The fourth-order valence-electron chi connectivity index (χ4n) is 1.41. The third kappa shape index (κ3) is 4.55. The van der Waals surface area contributed by atoms with Gasteiger partial charge in [0.05, 0.1) is 0 Å². The lowest BCUT2D eigenvalue weighted by Crippen LogP contribution is -2.36. The molecule has 1 aromatic carbocycles. The Bertz CT molecular complexity index is 476. The summed E-state index contributed by atoms with van der Waals surface area (Å²) in [4.78, 5) is 22.7. The highest BCUT2D eigenvalue weighted by atomic mass is 79.9. The number of aromatic carboxylic acids is 1. The van der Waals surface area contributed by atoms with Gasteiger partial charge in [0.2, 0.25) is 0 Å². The second kappa shape index (κ2) is 7.13. The molecule has 0 aliphatic heterocycles. The van der Waals surface area contributed by atoms with Crippen LogP contribution in [0.2, 0.25) is 0 Å². The van der Waals surface area contributed by atoms with Crippen molar-refractivity contribution < 1.29 is 19.4 Å². The van der Waals surface area contributed by atoms with Gasteiger partial charge in [0, 0.05) is 11.0 Å². The summed E-state index contributed by atoms with van der Waals surface area (Å²) in [6.07, 6.45) is 0.0781. The minimum atomic E-state index is -1.09. The first kappa shape index (κ1) is 15.5. The molecule has 1 atom stereocenters. The quantitative estimate of drug-likeness (QED) is 0.840. The number of carbonyl (C=O) groups is 2. The monoisotopic (exact) mass is 329 g/mol. The van der Waals surface area contributed by atoms with E-state index in [4.69, 9.17) is 9.84 Å². The van der Waals surface area contributed by atoms with E-state index >= 15 is 0 Å². The van der Waals surface area contributed by atoms with E-state index in [0.29, 0.717) is 11.0 Å². The van der Waals surface area contributed by atoms with Gasteiger partial charge < -0.3 is 15.2 Å². The van der Waals surface area contributed by atoms with Crippen molar-refractivity contribution >= 4 is 27.8 Å². The van der Waals surface area contributed by atoms with E-state index < -0.39 is 12.1 Å². The maximum atomic E-state index is 11.7. The predicted molar refractivity (Wildman–Crippen MR) is 74.5 cm³/mol. The number of halogens is 1. The maximum Gasteiger partial charge on any atom is 0.339 e. The summed E-state index contributed by atoms with van der Waals surface area (Å²) in [5, 5.41) is 11.7. The van der Waals surface area contributed by atoms with Gasteiger partial charge in [-0.3, -0.25) is 4.79 Å². The first-order chi connectivity index (χ1) is 8.95. The second-order valence-corrected chi connectivity index (χ2v) is 4.91. The molecule has 1 rings (SSSR count). The zero-order valence-corrected chi connectivity index (χ0v) is 12.4. The second-order valence-electron chi connectivity index (χ2n) is 4.00. The fraction of sp³-hybridized carbons (Fsp3) is 0.385. The number of carbonyl (C=O) groups excluding carboxylic acids is 1. The summed E-state index contributed by atoms with van der Waals surface area (Å²) >= 11 is 3.24. The van der Waals surface area contributed by atoms with Gasteiger partial charge in [-0.05, 0) is 31.5 Å². The molecule has 1 aromatic rings. The number of nitrogens with one attached hydrogen (secondary N) is 1. The lowest BCUT2D eigenvalue weighted by Gasteiger charge is -2.16. The van der Waals surface area contributed by atoms with Crippen LogP contribution in [0.4, 0.5) is 0 Å². The molecule has 0 spiro atoms. The van der Waals surface area contributed by atoms with Crippen LogP contribution in [-0.2, 0) is 4.79 Å². The Kier molecular flexibility index (Phi) is 5.82. The lowest BCUT2D eigenvalue weighted by molar-refractivity contribution is -0.127. The molecule has 1 amide bonds. The van der Waals surface area contributed by atoms with Crippen LogP contribution in [0.15, 0.2) is 22.7 Å². The minimum absolute atomic E-state index is 0.0262. The van der Waals surface area contributed by atoms with Crippen LogP contribution < -0.4 is 10.1 Å². The number of amides is 1. The van der Waals surface area contributed by atoms with E-state index in [1.807, 2.05) is 6.92 Å². The van der Waals surface area contributed by atoms with Crippen molar-refractivity contribution in [2.75, 3.05) is 6.54 Å². The summed E-state index contributed by atoms with van der Waals surface area (Å²) in [5.41, 5.74) is 0.0262. The Labute approximate surface area is 120 Å². The Morgan fingerprint density at radius 2 is 2.16 bits per heavy atom. The van der Waals surface area contributed by atoms with E-state index in [9.17, 15) is 9.59 Å². The molecule has 19 heavy (non-hydrogen) atoms. The maximum absolute atomic E-state index is 11.7. The molecule has 5 nitrogen and oxygen atoms in total. The van der Waals surface area contributed by atoms with Crippen LogP contribution in [0, 0.1) is 0 Å². The number of carboxylic acids is 1. The van der Waals surface area contributed by atoms with E-state index in [1.165, 1.54) is 12.1 Å². The molecule has 2 N–H and O–H groups in total. The number of hydrogen-bond acceptors (Lipinski definition) is 3. The Morgan fingerprint density at radius 1 is 1.47 bits per heavy atom. The van der Waals surface area contributed by atoms with Crippen LogP contribution in [0.3, 0.4) is 0 Å². The van der Waals surface area contributed by atoms with Crippen LogP contribution in [-0.4, -0.2) is 29.6 Å². The van der Waals surface area contributed by atoms with Crippen LogP contribution in [0.5, 0.6) is 5.75 Å². The van der Waals surface area contributed by atoms with Crippen molar-refractivity contribution in [1.82, 2.24) is 5.32 Å².